The van der Waals surface area contributed by atoms with E-state index in [1.165, 1.54) is 41.9 Å². The summed E-state index contributed by atoms with van der Waals surface area (Å²) in [5.74, 6) is 0. The van der Waals surface area contributed by atoms with Gasteiger partial charge >= 0.3 is 0 Å². The van der Waals surface area contributed by atoms with Gasteiger partial charge in [0, 0.05) is 37.9 Å². The van der Waals surface area contributed by atoms with Gasteiger partial charge in [-0.3, -0.25) is 0 Å². The van der Waals surface area contributed by atoms with Gasteiger partial charge in [-0.2, -0.15) is 0 Å². The minimum atomic E-state index is 0.833. The van der Waals surface area contributed by atoms with Gasteiger partial charge in [0.05, 0.1) is 27.1 Å². The molecule has 0 fully saturated rings. The molecule has 0 radical (unpaired) electrons. The highest BCUT2D eigenvalue weighted by Crippen LogP contribution is 2.54. The van der Waals surface area contributed by atoms with Crippen molar-refractivity contribution in [2.45, 2.75) is 0 Å². The SMILES string of the molecule is c1ccc(-c2cccc(N(c3ccc4oc5ccc6ccccc6c5c4c3N(c3ccccc3)c3ccc4ccccc4c3)c3cccc4c3sc3ccccc34)c2)cc1. The number of furan rings is 1. The van der Waals surface area contributed by atoms with Crippen molar-refractivity contribution < 1.29 is 4.42 Å². The van der Waals surface area contributed by atoms with Crippen molar-refractivity contribution in [2.75, 3.05) is 9.80 Å². The zero-order chi connectivity index (χ0) is 39.6. The summed E-state index contributed by atoms with van der Waals surface area (Å²) in [5, 5.41) is 9.37. The van der Waals surface area contributed by atoms with Crippen LogP contribution < -0.4 is 9.80 Å². The Hall–Kier alpha value is -7.66. The Balaban J connectivity index is 1.26. The molecule has 0 unspecified atom stereocenters. The Morgan fingerprint density at radius 1 is 0.350 bits per heavy atom. The van der Waals surface area contributed by atoms with Crippen molar-refractivity contribution in [3.8, 4) is 11.1 Å². The molecule has 0 saturated heterocycles. The molecule has 12 aromatic rings. The van der Waals surface area contributed by atoms with Crippen LogP contribution in [0.3, 0.4) is 0 Å². The van der Waals surface area contributed by atoms with Crippen LogP contribution >= 0.6 is 11.3 Å². The zero-order valence-corrected chi connectivity index (χ0v) is 33.3. The molecule has 0 N–H and O–H groups in total. The molecular weight excluding hydrogens is 749 g/mol. The molecule has 0 aliphatic rings. The van der Waals surface area contributed by atoms with E-state index in [0.717, 1.165) is 67.0 Å². The molecule has 3 nitrogen and oxygen atoms in total. The molecule has 282 valence electrons. The summed E-state index contributed by atoms with van der Waals surface area (Å²) in [6.07, 6.45) is 0. The van der Waals surface area contributed by atoms with Gasteiger partial charge in [0.1, 0.15) is 11.2 Å². The number of para-hydroxylation sites is 1. The number of hydrogen-bond acceptors (Lipinski definition) is 4. The fourth-order valence-corrected chi connectivity index (χ4v) is 10.3. The standard InChI is InChI=1S/C56H36N2OS/c1-3-15-37(16-4-1)41-20-13-23-43(35-41)58(49-27-14-26-47-46-25-11-12-28-52(46)60-56(47)49)48-32-34-51-54(53-45-24-10-9-18-39(45)30-33-50(53)59-51)55(48)57(42-21-5-2-6-22-42)44-31-29-38-17-7-8-19-40(38)36-44/h1-36H. The minimum absolute atomic E-state index is 0.833. The first-order valence-corrected chi connectivity index (χ1v) is 21.2. The van der Waals surface area contributed by atoms with Crippen LogP contribution in [-0.4, -0.2) is 0 Å². The predicted octanol–water partition coefficient (Wildman–Crippen LogP) is 16.9. The van der Waals surface area contributed by atoms with Gasteiger partial charge < -0.3 is 14.2 Å². The average molecular weight is 785 g/mol. The summed E-state index contributed by atoms with van der Waals surface area (Å²) < 4.78 is 9.38. The van der Waals surface area contributed by atoms with Crippen LogP contribution in [0.25, 0.3) is 74.8 Å². The highest BCUT2D eigenvalue weighted by atomic mass is 32.1. The molecule has 12 rings (SSSR count). The second-order valence-electron chi connectivity index (χ2n) is 15.3. The van der Waals surface area contributed by atoms with Crippen LogP contribution in [0.4, 0.5) is 34.1 Å². The molecule has 0 saturated carbocycles. The van der Waals surface area contributed by atoms with Crippen molar-refractivity contribution in [3.63, 3.8) is 0 Å². The molecule has 2 heterocycles. The third kappa shape index (κ3) is 5.57. The smallest absolute Gasteiger partial charge is 0.137 e. The van der Waals surface area contributed by atoms with E-state index in [0.29, 0.717) is 0 Å². The summed E-state index contributed by atoms with van der Waals surface area (Å²) in [5.41, 5.74) is 10.4. The Bertz CT molecular complexity index is 3570. The van der Waals surface area contributed by atoms with Gasteiger partial charge in [-0.15, -0.1) is 11.3 Å². The maximum absolute atomic E-state index is 6.88. The lowest BCUT2D eigenvalue weighted by Gasteiger charge is -2.34. The number of fused-ring (bicyclic) bond motifs is 9. The highest BCUT2D eigenvalue weighted by Gasteiger charge is 2.29. The molecule has 0 bridgehead atoms. The third-order valence-corrected chi connectivity index (χ3v) is 13.0. The van der Waals surface area contributed by atoms with Gasteiger partial charge in [0.25, 0.3) is 0 Å². The van der Waals surface area contributed by atoms with E-state index < -0.39 is 0 Å². The summed E-state index contributed by atoms with van der Waals surface area (Å²) >= 11 is 1.85. The molecule has 0 atom stereocenters. The highest BCUT2D eigenvalue weighted by molar-refractivity contribution is 7.26. The van der Waals surface area contributed by atoms with Gasteiger partial charge in [-0.05, 0) is 99.4 Å². The molecule has 60 heavy (non-hydrogen) atoms. The maximum Gasteiger partial charge on any atom is 0.137 e. The minimum Gasteiger partial charge on any atom is -0.456 e. The third-order valence-electron chi connectivity index (χ3n) is 11.8. The summed E-state index contributed by atoms with van der Waals surface area (Å²) in [6.45, 7) is 0. The molecule has 0 spiro atoms. The maximum atomic E-state index is 6.88. The fourth-order valence-electron chi connectivity index (χ4n) is 9.08. The van der Waals surface area contributed by atoms with Crippen LogP contribution in [-0.2, 0) is 0 Å². The normalized spacial score (nSPS) is 11.7. The Kier molecular flexibility index (Phi) is 8.03. The molecular formula is C56H36N2OS. The van der Waals surface area contributed by atoms with Gasteiger partial charge in [-0.1, -0.05) is 152 Å². The number of rotatable bonds is 7. The summed E-state index contributed by atoms with van der Waals surface area (Å²) in [6, 6.07) is 78.8. The van der Waals surface area contributed by atoms with E-state index >= 15 is 0 Å². The lowest BCUT2D eigenvalue weighted by molar-refractivity contribution is 0.669. The number of anilines is 6. The van der Waals surface area contributed by atoms with E-state index in [1.807, 2.05) is 11.3 Å². The molecule has 4 heteroatoms. The van der Waals surface area contributed by atoms with Crippen molar-refractivity contribution in [3.05, 3.63) is 218 Å². The number of benzene rings is 10. The number of nitrogens with zero attached hydrogens (tertiary/aromatic N) is 2. The lowest BCUT2D eigenvalue weighted by Crippen LogP contribution is -2.17. The van der Waals surface area contributed by atoms with Crippen LogP contribution in [0.5, 0.6) is 0 Å². The second-order valence-corrected chi connectivity index (χ2v) is 16.3. The molecule has 0 aliphatic heterocycles. The zero-order valence-electron chi connectivity index (χ0n) is 32.5. The van der Waals surface area contributed by atoms with Crippen molar-refractivity contribution in [1.29, 1.82) is 0 Å². The van der Waals surface area contributed by atoms with E-state index in [-0.39, 0.29) is 0 Å². The molecule has 0 amide bonds. The quantitative estimate of drug-likeness (QED) is 0.160. The Morgan fingerprint density at radius 3 is 1.83 bits per heavy atom. The van der Waals surface area contributed by atoms with Crippen LogP contribution in [0.1, 0.15) is 0 Å². The first kappa shape index (κ1) is 34.4. The predicted molar refractivity (Wildman–Crippen MR) is 256 cm³/mol. The fraction of sp³-hybridized carbons (Fsp3) is 0. The first-order valence-electron chi connectivity index (χ1n) is 20.3. The molecule has 10 aromatic carbocycles. The average Bonchev–Trinajstić information content (AvgIpc) is 3.90. The van der Waals surface area contributed by atoms with Crippen LogP contribution in [0, 0.1) is 0 Å². The van der Waals surface area contributed by atoms with Crippen molar-refractivity contribution in [2.24, 2.45) is 0 Å². The summed E-state index contributed by atoms with van der Waals surface area (Å²) in [7, 11) is 0. The van der Waals surface area contributed by atoms with Crippen molar-refractivity contribution in [1.82, 2.24) is 0 Å². The van der Waals surface area contributed by atoms with E-state index in [4.69, 9.17) is 4.42 Å². The molecule has 0 aliphatic carbocycles. The van der Waals surface area contributed by atoms with Gasteiger partial charge in [0.15, 0.2) is 0 Å². The largest absolute Gasteiger partial charge is 0.456 e. The first-order chi connectivity index (χ1) is 29.8. The Morgan fingerprint density at radius 2 is 0.967 bits per heavy atom. The second kappa shape index (κ2) is 14.0. The monoisotopic (exact) mass is 784 g/mol. The lowest BCUT2D eigenvalue weighted by atomic mass is 9.99. The Labute approximate surface area is 351 Å². The van der Waals surface area contributed by atoms with E-state index in [2.05, 4.69) is 228 Å². The number of thiophene rings is 1. The van der Waals surface area contributed by atoms with E-state index in [9.17, 15) is 0 Å². The van der Waals surface area contributed by atoms with Crippen LogP contribution in [0.15, 0.2) is 223 Å². The molecule has 2 aromatic heterocycles. The topological polar surface area (TPSA) is 19.6 Å². The van der Waals surface area contributed by atoms with Gasteiger partial charge in [-0.25, -0.2) is 0 Å². The number of hydrogen-bond donors (Lipinski definition) is 0. The summed E-state index contributed by atoms with van der Waals surface area (Å²) in [4.78, 5) is 4.93. The van der Waals surface area contributed by atoms with E-state index in [1.54, 1.807) is 0 Å². The van der Waals surface area contributed by atoms with Crippen LogP contribution in [0.2, 0.25) is 0 Å². The van der Waals surface area contributed by atoms with Crippen molar-refractivity contribution >= 4 is 109 Å². The van der Waals surface area contributed by atoms with Gasteiger partial charge in [0.2, 0.25) is 0 Å².